The molecule has 2 saturated heterocycles. The molecular weight excluding hydrogens is 361 g/mol. The zero-order valence-corrected chi connectivity index (χ0v) is 15.6. The Hall–Kier alpha value is -1.96. The van der Waals surface area contributed by atoms with Gasteiger partial charge in [-0.15, -0.1) is 13.2 Å². The molecule has 2 aliphatic rings. The summed E-state index contributed by atoms with van der Waals surface area (Å²) in [5, 5.41) is 3.00. The zero-order chi connectivity index (χ0) is 19.7. The van der Waals surface area contributed by atoms with Crippen LogP contribution < -0.4 is 10.1 Å². The topological polar surface area (TPSA) is 50.8 Å². The summed E-state index contributed by atoms with van der Waals surface area (Å²) < 4.78 is 45.9. The molecule has 8 heteroatoms. The molecule has 3 rings (SSSR count). The number of nitrogens with one attached hydrogen (secondary N) is 1. The summed E-state index contributed by atoms with van der Waals surface area (Å²) in [5.74, 6) is -0.242. The molecule has 0 saturated carbocycles. The highest BCUT2D eigenvalue weighted by molar-refractivity contribution is 5.75. The van der Waals surface area contributed by atoms with Gasteiger partial charge in [-0.2, -0.15) is 0 Å². The number of ether oxygens (including phenoxy) is 2. The van der Waals surface area contributed by atoms with Crippen LogP contribution >= 0.6 is 0 Å². The second kappa shape index (κ2) is 7.22. The minimum absolute atomic E-state index is 0.0000990. The Bertz CT molecular complexity index is 674. The van der Waals surface area contributed by atoms with Crippen LogP contribution in [0.4, 0.5) is 18.0 Å². The first-order chi connectivity index (χ1) is 12.6. The van der Waals surface area contributed by atoms with Gasteiger partial charge in [0.1, 0.15) is 5.75 Å². The van der Waals surface area contributed by atoms with Gasteiger partial charge in [-0.05, 0) is 43.9 Å². The summed E-state index contributed by atoms with van der Waals surface area (Å²) in [5.41, 5.74) is 0.499. The molecule has 0 aromatic heterocycles. The number of urea groups is 1. The molecule has 1 N–H and O–H groups in total. The van der Waals surface area contributed by atoms with E-state index in [-0.39, 0.29) is 22.7 Å². The van der Waals surface area contributed by atoms with Gasteiger partial charge in [-0.1, -0.05) is 19.1 Å². The Morgan fingerprint density at radius 2 is 1.93 bits per heavy atom. The first-order valence-corrected chi connectivity index (χ1v) is 9.07. The van der Waals surface area contributed by atoms with Crippen molar-refractivity contribution >= 4 is 6.03 Å². The second-order valence-corrected chi connectivity index (χ2v) is 8.08. The van der Waals surface area contributed by atoms with Crippen LogP contribution in [0.2, 0.25) is 0 Å². The molecule has 0 bridgehead atoms. The van der Waals surface area contributed by atoms with Crippen molar-refractivity contribution in [2.75, 3.05) is 26.3 Å². The molecule has 1 unspecified atom stereocenters. The number of halogens is 3. The minimum Gasteiger partial charge on any atom is -0.406 e. The molecule has 0 radical (unpaired) electrons. The largest absolute Gasteiger partial charge is 0.573 e. The first kappa shape index (κ1) is 19.8. The van der Waals surface area contributed by atoms with Crippen molar-refractivity contribution in [3.63, 3.8) is 0 Å². The molecule has 2 amide bonds. The Morgan fingerprint density at radius 1 is 1.26 bits per heavy atom. The van der Waals surface area contributed by atoms with E-state index in [9.17, 15) is 18.0 Å². The van der Waals surface area contributed by atoms with Crippen molar-refractivity contribution in [2.45, 2.75) is 45.0 Å². The van der Waals surface area contributed by atoms with Gasteiger partial charge < -0.3 is 19.7 Å². The SMILES string of the molecule is CC1(CNC(=O)N2CCCC2(C)Cc2ccc(OC(F)(F)F)cc2)COC1. The smallest absolute Gasteiger partial charge is 0.406 e. The van der Waals surface area contributed by atoms with E-state index in [4.69, 9.17) is 4.74 Å². The average molecular weight is 386 g/mol. The third-order valence-electron chi connectivity index (χ3n) is 5.30. The Kier molecular flexibility index (Phi) is 5.29. The van der Waals surface area contributed by atoms with E-state index < -0.39 is 6.36 Å². The van der Waals surface area contributed by atoms with E-state index in [1.165, 1.54) is 12.1 Å². The summed E-state index contributed by atoms with van der Waals surface area (Å²) >= 11 is 0. The second-order valence-electron chi connectivity index (χ2n) is 8.08. The lowest BCUT2D eigenvalue weighted by atomic mass is 9.88. The maximum atomic E-state index is 12.7. The molecule has 2 fully saturated rings. The number of rotatable bonds is 5. The highest BCUT2D eigenvalue weighted by Gasteiger charge is 2.41. The standard InChI is InChI=1S/C19H25F3N2O3/c1-17(12-26-13-17)11-23-16(25)24-9-3-8-18(24,2)10-14-4-6-15(7-5-14)27-19(20,21)22/h4-7H,3,8-13H2,1-2H3,(H,23,25). The summed E-state index contributed by atoms with van der Waals surface area (Å²) in [6, 6.07) is 5.76. The number of likely N-dealkylation sites (tertiary alicyclic amines) is 1. The molecule has 0 spiro atoms. The van der Waals surface area contributed by atoms with Crippen LogP contribution in [0.1, 0.15) is 32.3 Å². The number of amides is 2. The predicted molar refractivity (Wildman–Crippen MR) is 93.5 cm³/mol. The van der Waals surface area contributed by atoms with Gasteiger partial charge in [-0.25, -0.2) is 4.79 Å². The van der Waals surface area contributed by atoms with Crippen LogP contribution in [0, 0.1) is 5.41 Å². The number of hydrogen-bond donors (Lipinski definition) is 1. The molecular formula is C19H25F3N2O3. The van der Waals surface area contributed by atoms with Crippen molar-refractivity contribution < 1.29 is 27.4 Å². The fourth-order valence-corrected chi connectivity index (χ4v) is 3.74. The Labute approximate surface area is 156 Å². The van der Waals surface area contributed by atoms with Crippen LogP contribution in [0.5, 0.6) is 5.75 Å². The van der Waals surface area contributed by atoms with Crippen LogP contribution in [0.15, 0.2) is 24.3 Å². The number of benzene rings is 1. The fourth-order valence-electron chi connectivity index (χ4n) is 3.74. The van der Waals surface area contributed by atoms with Crippen molar-refractivity contribution in [3.05, 3.63) is 29.8 Å². The van der Waals surface area contributed by atoms with E-state index in [0.29, 0.717) is 32.7 Å². The van der Waals surface area contributed by atoms with Gasteiger partial charge in [-0.3, -0.25) is 0 Å². The van der Waals surface area contributed by atoms with Crippen molar-refractivity contribution in [2.24, 2.45) is 5.41 Å². The maximum absolute atomic E-state index is 12.7. The molecule has 1 aromatic rings. The number of carbonyl (C=O) groups excluding carboxylic acids is 1. The minimum atomic E-state index is -4.70. The summed E-state index contributed by atoms with van der Waals surface area (Å²) in [7, 11) is 0. The van der Waals surface area contributed by atoms with E-state index >= 15 is 0 Å². The third kappa shape index (κ3) is 4.86. The van der Waals surface area contributed by atoms with E-state index in [1.54, 1.807) is 12.1 Å². The van der Waals surface area contributed by atoms with Gasteiger partial charge >= 0.3 is 12.4 Å². The highest BCUT2D eigenvalue weighted by Crippen LogP contribution is 2.33. The number of alkyl halides is 3. The summed E-state index contributed by atoms with van der Waals surface area (Å²) in [6.07, 6.45) is -2.37. The van der Waals surface area contributed by atoms with E-state index in [1.807, 2.05) is 11.8 Å². The highest BCUT2D eigenvalue weighted by atomic mass is 19.4. The molecule has 0 aliphatic carbocycles. The maximum Gasteiger partial charge on any atom is 0.573 e. The number of hydrogen-bond acceptors (Lipinski definition) is 3. The van der Waals surface area contributed by atoms with Gasteiger partial charge in [0.2, 0.25) is 0 Å². The van der Waals surface area contributed by atoms with Crippen LogP contribution in [-0.2, 0) is 11.2 Å². The van der Waals surface area contributed by atoms with Gasteiger partial charge in [0, 0.05) is 24.0 Å². The lowest BCUT2D eigenvalue weighted by molar-refractivity contribution is -0.274. The van der Waals surface area contributed by atoms with Crippen LogP contribution in [0.3, 0.4) is 0 Å². The Morgan fingerprint density at radius 3 is 2.48 bits per heavy atom. The average Bonchev–Trinajstić information content (AvgIpc) is 2.93. The lowest BCUT2D eigenvalue weighted by Crippen LogP contribution is -2.55. The van der Waals surface area contributed by atoms with Gasteiger partial charge in [0.25, 0.3) is 0 Å². The molecule has 150 valence electrons. The first-order valence-electron chi connectivity index (χ1n) is 9.07. The molecule has 5 nitrogen and oxygen atoms in total. The van der Waals surface area contributed by atoms with Crippen molar-refractivity contribution in [3.8, 4) is 5.75 Å². The number of carbonyl (C=O) groups is 1. The molecule has 27 heavy (non-hydrogen) atoms. The zero-order valence-electron chi connectivity index (χ0n) is 15.6. The fraction of sp³-hybridized carbons (Fsp3) is 0.632. The van der Waals surface area contributed by atoms with E-state index in [2.05, 4.69) is 17.0 Å². The van der Waals surface area contributed by atoms with E-state index in [0.717, 1.165) is 18.4 Å². The summed E-state index contributed by atoms with van der Waals surface area (Å²) in [4.78, 5) is 14.5. The molecule has 1 atom stereocenters. The van der Waals surface area contributed by atoms with Crippen LogP contribution in [0.25, 0.3) is 0 Å². The number of nitrogens with zero attached hydrogens (tertiary/aromatic N) is 1. The predicted octanol–water partition coefficient (Wildman–Crippen LogP) is 3.73. The quantitative estimate of drug-likeness (QED) is 0.839. The summed E-state index contributed by atoms with van der Waals surface area (Å²) in [6.45, 7) is 6.64. The monoisotopic (exact) mass is 386 g/mol. The van der Waals surface area contributed by atoms with Gasteiger partial charge in [0.05, 0.1) is 13.2 Å². The van der Waals surface area contributed by atoms with Crippen molar-refractivity contribution in [1.82, 2.24) is 10.2 Å². The van der Waals surface area contributed by atoms with Gasteiger partial charge in [0.15, 0.2) is 0 Å². The normalized spacial score (nSPS) is 24.4. The van der Waals surface area contributed by atoms with Crippen molar-refractivity contribution in [1.29, 1.82) is 0 Å². The van der Waals surface area contributed by atoms with Crippen LogP contribution in [-0.4, -0.2) is 49.1 Å². The molecule has 1 aromatic carbocycles. The molecule has 2 aliphatic heterocycles. The lowest BCUT2D eigenvalue weighted by Gasteiger charge is -2.40. The molecule has 2 heterocycles. The Balaban J connectivity index is 1.61. The third-order valence-corrected chi connectivity index (χ3v) is 5.30.